The van der Waals surface area contributed by atoms with Gasteiger partial charge >= 0.3 is 0 Å². The number of rotatable bonds is 27. The lowest BCUT2D eigenvalue weighted by Gasteiger charge is -2.07. The SMILES string of the molecule is CCCCCCCCCCCCCCn1cc[n+](CCCCCCCCCCC)c1CCCCC. The van der Waals surface area contributed by atoms with Crippen LogP contribution in [0.1, 0.15) is 181 Å². The number of imidazole rings is 1. The van der Waals surface area contributed by atoms with E-state index in [1.807, 2.05) is 0 Å². The fourth-order valence-corrected chi connectivity index (χ4v) is 5.44. The lowest BCUT2D eigenvalue weighted by molar-refractivity contribution is -0.704. The van der Waals surface area contributed by atoms with E-state index >= 15 is 0 Å². The van der Waals surface area contributed by atoms with Crippen molar-refractivity contribution >= 4 is 0 Å². The van der Waals surface area contributed by atoms with E-state index in [4.69, 9.17) is 0 Å². The van der Waals surface area contributed by atoms with Gasteiger partial charge in [-0.1, -0.05) is 143 Å². The number of aromatic nitrogens is 2. The molecular weight excluding hydrogens is 424 g/mol. The van der Waals surface area contributed by atoms with Gasteiger partial charge in [0.25, 0.3) is 5.82 Å². The van der Waals surface area contributed by atoms with Crippen LogP contribution in [0.4, 0.5) is 0 Å². The van der Waals surface area contributed by atoms with Gasteiger partial charge in [0.05, 0.1) is 13.1 Å². The zero-order valence-corrected chi connectivity index (χ0v) is 24.6. The maximum atomic E-state index is 2.60. The summed E-state index contributed by atoms with van der Waals surface area (Å²) in [5, 5.41) is 0. The molecule has 1 heterocycles. The molecule has 0 fully saturated rings. The number of unbranched alkanes of at least 4 members (excludes halogenated alkanes) is 21. The molecule has 0 spiro atoms. The topological polar surface area (TPSA) is 8.81 Å². The molecule has 206 valence electrons. The van der Waals surface area contributed by atoms with Gasteiger partial charge in [-0.05, 0) is 32.1 Å². The van der Waals surface area contributed by atoms with Gasteiger partial charge in [0.1, 0.15) is 12.4 Å². The summed E-state index contributed by atoms with van der Waals surface area (Å²) < 4.78 is 5.19. The predicted octanol–water partition coefficient (Wildman–Crippen LogP) is 10.7. The third-order valence-corrected chi connectivity index (χ3v) is 7.85. The van der Waals surface area contributed by atoms with Gasteiger partial charge in [-0.3, -0.25) is 0 Å². The molecule has 1 aromatic heterocycles. The lowest BCUT2D eigenvalue weighted by Crippen LogP contribution is -2.37. The smallest absolute Gasteiger partial charge is 0.234 e. The van der Waals surface area contributed by atoms with Crippen LogP contribution in [0.15, 0.2) is 12.4 Å². The van der Waals surface area contributed by atoms with Crippen LogP contribution in [0.25, 0.3) is 0 Å². The Bertz CT molecular complexity index is 547. The fourth-order valence-electron chi connectivity index (χ4n) is 5.44. The van der Waals surface area contributed by atoms with Crippen molar-refractivity contribution in [1.82, 2.24) is 4.57 Å². The minimum atomic E-state index is 1.22. The quantitative estimate of drug-likeness (QED) is 0.0858. The maximum absolute atomic E-state index is 2.60. The second kappa shape index (κ2) is 24.9. The second-order valence-corrected chi connectivity index (χ2v) is 11.3. The molecule has 1 aromatic rings. The molecule has 0 aliphatic rings. The summed E-state index contributed by atoms with van der Waals surface area (Å²) in [4.78, 5) is 0. The number of nitrogens with zero attached hydrogens (tertiary/aromatic N) is 2. The molecule has 2 heteroatoms. The van der Waals surface area contributed by atoms with Gasteiger partial charge in [0, 0.05) is 6.42 Å². The Kier molecular flexibility index (Phi) is 22.9. The van der Waals surface area contributed by atoms with Gasteiger partial charge < -0.3 is 0 Å². The highest BCUT2D eigenvalue weighted by atomic mass is 15.1. The van der Waals surface area contributed by atoms with E-state index in [-0.39, 0.29) is 0 Å². The molecule has 0 bridgehead atoms. The van der Waals surface area contributed by atoms with Crippen LogP contribution in [-0.4, -0.2) is 4.57 Å². The molecule has 0 radical (unpaired) electrons. The first-order chi connectivity index (χ1) is 17.3. The molecule has 0 aromatic carbocycles. The molecule has 0 atom stereocenters. The van der Waals surface area contributed by atoms with Gasteiger partial charge in [0.2, 0.25) is 0 Å². The average molecular weight is 490 g/mol. The predicted molar refractivity (Wildman–Crippen MR) is 156 cm³/mol. The molecule has 0 saturated heterocycles. The first-order valence-electron chi connectivity index (χ1n) is 16.4. The van der Waals surface area contributed by atoms with E-state index < -0.39 is 0 Å². The highest BCUT2D eigenvalue weighted by molar-refractivity contribution is 4.84. The van der Waals surface area contributed by atoms with E-state index in [2.05, 4.69) is 42.3 Å². The van der Waals surface area contributed by atoms with Gasteiger partial charge in [-0.15, -0.1) is 0 Å². The van der Waals surface area contributed by atoms with Crippen LogP contribution in [0.3, 0.4) is 0 Å². The van der Waals surface area contributed by atoms with Crippen LogP contribution in [0.5, 0.6) is 0 Å². The van der Waals surface area contributed by atoms with E-state index in [9.17, 15) is 0 Å². The first-order valence-corrected chi connectivity index (χ1v) is 16.4. The van der Waals surface area contributed by atoms with Gasteiger partial charge in [0.15, 0.2) is 0 Å². The monoisotopic (exact) mass is 490 g/mol. The molecule has 1 rings (SSSR count). The van der Waals surface area contributed by atoms with E-state index in [0.717, 1.165) is 0 Å². The highest BCUT2D eigenvalue weighted by Crippen LogP contribution is 2.14. The number of aryl methyl sites for hydroxylation is 2. The minimum Gasteiger partial charge on any atom is -0.234 e. The van der Waals surface area contributed by atoms with Crippen molar-refractivity contribution < 1.29 is 4.57 Å². The molecule has 0 saturated carbocycles. The summed E-state index contributed by atoms with van der Waals surface area (Å²) in [5.41, 5.74) is 0. The van der Waals surface area contributed by atoms with E-state index in [1.54, 1.807) is 5.82 Å². The number of hydrogen-bond donors (Lipinski definition) is 0. The summed E-state index contributed by atoms with van der Waals surface area (Å²) in [6.07, 6.45) is 40.0. The molecule has 0 unspecified atom stereocenters. The Labute approximate surface area is 221 Å². The molecule has 0 N–H and O–H groups in total. The summed E-state index contributed by atoms with van der Waals surface area (Å²) in [6.45, 7) is 9.38. The Morgan fingerprint density at radius 3 is 1.37 bits per heavy atom. The minimum absolute atomic E-state index is 1.22. The van der Waals surface area contributed by atoms with Crippen molar-refractivity contribution in [1.29, 1.82) is 0 Å². The molecule has 35 heavy (non-hydrogen) atoms. The summed E-state index contributed by atoms with van der Waals surface area (Å²) >= 11 is 0. The van der Waals surface area contributed by atoms with Crippen molar-refractivity contribution in [3.8, 4) is 0 Å². The standard InChI is InChI=1S/C33H65N2/c1-4-7-10-12-14-16-17-18-20-22-24-27-30-35-32-31-34(33(35)28-25-9-6-3)29-26-23-21-19-15-13-11-8-5-2/h31-32H,4-30H2,1-3H3/q+1. The molecular formula is C33H65N2+. The third kappa shape index (κ3) is 18.2. The van der Waals surface area contributed by atoms with Crippen LogP contribution < -0.4 is 4.57 Å². The van der Waals surface area contributed by atoms with Crippen molar-refractivity contribution in [3.63, 3.8) is 0 Å². The van der Waals surface area contributed by atoms with Crippen LogP contribution in [-0.2, 0) is 19.5 Å². The van der Waals surface area contributed by atoms with Crippen molar-refractivity contribution in [2.24, 2.45) is 0 Å². The highest BCUT2D eigenvalue weighted by Gasteiger charge is 2.16. The van der Waals surface area contributed by atoms with Gasteiger partial charge in [-0.25, -0.2) is 9.13 Å². The molecule has 2 nitrogen and oxygen atoms in total. The number of hydrogen-bond acceptors (Lipinski definition) is 0. The summed E-state index contributed by atoms with van der Waals surface area (Å²) in [7, 11) is 0. The summed E-state index contributed by atoms with van der Waals surface area (Å²) in [5.74, 6) is 1.60. The van der Waals surface area contributed by atoms with Crippen LogP contribution in [0, 0.1) is 0 Å². The van der Waals surface area contributed by atoms with E-state index in [0.29, 0.717) is 0 Å². The Morgan fingerprint density at radius 1 is 0.486 bits per heavy atom. The van der Waals surface area contributed by atoms with Gasteiger partial charge in [-0.2, -0.15) is 0 Å². The Morgan fingerprint density at radius 2 is 0.886 bits per heavy atom. The Hall–Kier alpha value is -0.790. The average Bonchev–Trinajstić information content (AvgIpc) is 3.25. The summed E-state index contributed by atoms with van der Waals surface area (Å²) in [6, 6.07) is 0. The lowest BCUT2D eigenvalue weighted by atomic mass is 10.1. The van der Waals surface area contributed by atoms with Crippen LogP contribution >= 0.6 is 0 Å². The zero-order valence-electron chi connectivity index (χ0n) is 24.6. The second-order valence-electron chi connectivity index (χ2n) is 11.3. The first kappa shape index (κ1) is 32.2. The molecule has 0 aliphatic carbocycles. The van der Waals surface area contributed by atoms with E-state index in [1.165, 1.54) is 174 Å². The van der Waals surface area contributed by atoms with Crippen molar-refractivity contribution in [3.05, 3.63) is 18.2 Å². The van der Waals surface area contributed by atoms with Crippen LogP contribution in [0.2, 0.25) is 0 Å². The maximum Gasteiger partial charge on any atom is 0.256 e. The van der Waals surface area contributed by atoms with Crippen molar-refractivity contribution in [2.75, 3.05) is 0 Å². The normalized spacial score (nSPS) is 11.5. The van der Waals surface area contributed by atoms with Crippen molar-refractivity contribution in [2.45, 2.75) is 194 Å². The zero-order chi connectivity index (χ0) is 25.2. The fraction of sp³-hybridized carbons (Fsp3) is 0.909. The third-order valence-electron chi connectivity index (χ3n) is 7.85. The molecule has 0 aliphatic heterocycles. The largest absolute Gasteiger partial charge is 0.256 e. The molecule has 0 amide bonds. The Balaban J connectivity index is 2.20.